The smallest absolute Gasteiger partial charge is 0.229 e. The third kappa shape index (κ3) is 5.18. The van der Waals surface area contributed by atoms with Crippen LogP contribution in [0.5, 0.6) is 0 Å². The van der Waals surface area contributed by atoms with Crippen LogP contribution in [0.15, 0.2) is 18.5 Å². The summed E-state index contributed by atoms with van der Waals surface area (Å²) in [5, 5.41) is 9.99. The van der Waals surface area contributed by atoms with Gasteiger partial charge in [0, 0.05) is 38.1 Å². The number of carbonyl (C=O) groups excluding carboxylic acids is 1. The summed E-state index contributed by atoms with van der Waals surface area (Å²) in [5.41, 5.74) is 1.01. The summed E-state index contributed by atoms with van der Waals surface area (Å²) < 4.78 is 5.40. The molecule has 10 heteroatoms. The molecule has 2 saturated heterocycles. The van der Waals surface area contributed by atoms with Crippen molar-refractivity contribution in [1.29, 1.82) is 0 Å². The van der Waals surface area contributed by atoms with Gasteiger partial charge in [0.05, 0.1) is 17.1 Å². The van der Waals surface area contributed by atoms with Crippen molar-refractivity contribution < 1.29 is 9.53 Å². The van der Waals surface area contributed by atoms with Crippen LogP contribution in [-0.4, -0.2) is 53.7 Å². The van der Waals surface area contributed by atoms with Gasteiger partial charge in [-0.1, -0.05) is 23.2 Å². The summed E-state index contributed by atoms with van der Waals surface area (Å²) in [4.78, 5) is 25.5. The fourth-order valence-electron chi connectivity index (χ4n) is 3.63. The molecule has 0 aromatic carbocycles. The maximum atomic E-state index is 12.4. The molecule has 2 aliphatic heterocycles. The zero-order valence-corrected chi connectivity index (χ0v) is 18.0. The van der Waals surface area contributed by atoms with Crippen molar-refractivity contribution in [2.45, 2.75) is 19.3 Å². The minimum Gasteiger partial charge on any atom is -0.381 e. The minimum atomic E-state index is -0.0650. The molecule has 160 valence electrons. The Labute approximate surface area is 185 Å². The zero-order chi connectivity index (χ0) is 20.9. The molecule has 2 aromatic heterocycles. The molecule has 8 nitrogen and oxygen atoms in total. The molecule has 4 rings (SSSR count). The van der Waals surface area contributed by atoms with E-state index in [0.717, 1.165) is 45.6 Å². The van der Waals surface area contributed by atoms with Gasteiger partial charge >= 0.3 is 0 Å². The maximum absolute atomic E-state index is 12.4. The molecule has 1 amide bonds. The quantitative estimate of drug-likeness (QED) is 0.620. The second kappa shape index (κ2) is 9.87. The molecule has 0 radical (unpaired) electrons. The lowest BCUT2D eigenvalue weighted by Gasteiger charge is -2.22. The van der Waals surface area contributed by atoms with Crippen molar-refractivity contribution in [3.63, 3.8) is 0 Å². The summed E-state index contributed by atoms with van der Waals surface area (Å²) in [6.07, 6.45) is 5.95. The topological polar surface area (TPSA) is 101 Å². The zero-order valence-electron chi connectivity index (χ0n) is 16.5. The number of halogens is 2. The van der Waals surface area contributed by atoms with Crippen molar-refractivity contribution >= 4 is 40.7 Å². The average molecular weight is 451 g/mol. The molecule has 2 aliphatic rings. The van der Waals surface area contributed by atoms with E-state index in [2.05, 4.69) is 30.9 Å². The molecule has 2 aromatic rings. The van der Waals surface area contributed by atoms with Gasteiger partial charge in [0.15, 0.2) is 5.15 Å². The Kier molecular flexibility index (Phi) is 6.99. The van der Waals surface area contributed by atoms with Crippen molar-refractivity contribution in [3.8, 4) is 11.3 Å². The molecule has 1 atom stereocenters. The van der Waals surface area contributed by atoms with Crippen molar-refractivity contribution in [2.24, 2.45) is 11.8 Å². The number of anilines is 2. The van der Waals surface area contributed by atoms with Crippen LogP contribution in [0.3, 0.4) is 0 Å². The second-order valence-corrected chi connectivity index (χ2v) is 8.32. The van der Waals surface area contributed by atoms with E-state index in [9.17, 15) is 4.79 Å². The number of ether oxygens (including phenoxy) is 1. The number of pyridine rings is 1. The van der Waals surface area contributed by atoms with E-state index in [-0.39, 0.29) is 17.0 Å². The van der Waals surface area contributed by atoms with Gasteiger partial charge in [-0.05, 0) is 37.8 Å². The highest BCUT2D eigenvalue weighted by atomic mass is 35.5. The first-order valence-electron chi connectivity index (χ1n) is 10.1. The number of aromatic nitrogens is 3. The van der Waals surface area contributed by atoms with Crippen molar-refractivity contribution in [1.82, 2.24) is 20.3 Å². The summed E-state index contributed by atoms with van der Waals surface area (Å²) >= 11 is 12.7. The first-order chi connectivity index (χ1) is 14.6. The molecule has 0 aliphatic carbocycles. The molecule has 30 heavy (non-hydrogen) atoms. The lowest BCUT2D eigenvalue weighted by Crippen LogP contribution is -2.25. The van der Waals surface area contributed by atoms with E-state index in [1.807, 2.05) is 0 Å². The third-order valence-electron chi connectivity index (χ3n) is 5.43. The molecule has 4 heterocycles. The lowest BCUT2D eigenvalue weighted by atomic mass is 10.0. The van der Waals surface area contributed by atoms with E-state index in [4.69, 9.17) is 27.9 Å². The second-order valence-electron chi connectivity index (χ2n) is 7.56. The van der Waals surface area contributed by atoms with E-state index in [0.29, 0.717) is 40.4 Å². The van der Waals surface area contributed by atoms with E-state index >= 15 is 0 Å². The fourth-order valence-corrected chi connectivity index (χ4v) is 4.01. The van der Waals surface area contributed by atoms with Gasteiger partial charge in [0.1, 0.15) is 17.3 Å². The Hall–Kier alpha value is -2.00. The summed E-state index contributed by atoms with van der Waals surface area (Å²) in [6.45, 7) is 3.89. The van der Waals surface area contributed by atoms with E-state index in [1.165, 1.54) is 6.20 Å². The molecule has 1 unspecified atom stereocenters. The van der Waals surface area contributed by atoms with Crippen molar-refractivity contribution in [3.05, 3.63) is 28.6 Å². The normalized spacial score (nSPS) is 19.6. The Balaban J connectivity index is 1.51. The van der Waals surface area contributed by atoms with Gasteiger partial charge in [-0.3, -0.25) is 4.79 Å². The highest BCUT2D eigenvalue weighted by Gasteiger charge is 2.23. The Bertz CT molecular complexity index is 901. The Morgan fingerprint density at radius 3 is 2.77 bits per heavy atom. The van der Waals surface area contributed by atoms with Crippen LogP contribution >= 0.6 is 23.2 Å². The van der Waals surface area contributed by atoms with Crippen LogP contribution in [0.25, 0.3) is 11.3 Å². The predicted molar refractivity (Wildman–Crippen MR) is 117 cm³/mol. The highest BCUT2D eigenvalue weighted by molar-refractivity contribution is 6.35. The van der Waals surface area contributed by atoms with Gasteiger partial charge in [0.2, 0.25) is 5.91 Å². The van der Waals surface area contributed by atoms with Crippen LogP contribution in [-0.2, 0) is 9.53 Å². The SMILES string of the molecule is O=C(Nc1cc(-c2nc(NCC3CCOCC3)cnc2Cl)c(Cl)cn1)C1CCNC1. The van der Waals surface area contributed by atoms with Gasteiger partial charge in [-0.25, -0.2) is 15.0 Å². The number of nitrogens with zero attached hydrogens (tertiary/aromatic N) is 3. The average Bonchev–Trinajstić information content (AvgIpc) is 3.31. The molecule has 3 N–H and O–H groups in total. The molecule has 0 bridgehead atoms. The number of carbonyl (C=O) groups is 1. The summed E-state index contributed by atoms with van der Waals surface area (Å²) in [7, 11) is 0. The predicted octanol–water partition coefficient (Wildman–Crippen LogP) is 3.23. The molecular weight excluding hydrogens is 427 g/mol. The van der Waals surface area contributed by atoms with Crippen LogP contribution < -0.4 is 16.0 Å². The molecular formula is C20H24Cl2N6O2. The number of hydrogen-bond acceptors (Lipinski definition) is 7. The van der Waals surface area contributed by atoms with Crippen LogP contribution in [0.4, 0.5) is 11.6 Å². The fraction of sp³-hybridized carbons (Fsp3) is 0.500. The maximum Gasteiger partial charge on any atom is 0.229 e. The largest absolute Gasteiger partial charge is 0.381 e. The Morgan fingerprint density at radius 1 is 1.17 bits per heavy atom. The lowest BCUT2D eigenvalue weighted by molar-refractivity contribution is -0.119. The Morgan fingerprint density at radius 2 is 2.00 bits per heavy atom. The van der Waals surface area contributed by atoms with Gasteiger partial charge < -0.3 is 20.7 Å². The van der Waals surface area contributed by atoms with Gasteiger partial charge in [-0.15, -0.1) is 0 Å². The minimum absolute atomic E-state index is 0.0629. The third-order valence-corrected chi connectivity index (χ3v) is 6.01. The van der Waals surface area contributed by atoms with Gasteiger partial charge in [0.25, 0.3) is 0 Å². The molecule has 0 spiro atoms. The first-order valence-corrected chi connectivity index (χ1v) is 10.9. The molecule has 2 fully saturated rings. The standard InChI is InChI=1S/C20H24Cl2N6O2/c21-15-10-25-16(28-20(29)13-1-4-23-9-13)7-14(15)18-19(22)26-11-17(27-18)24-8-12-2-5-30-6-3-12/h7,10-13,23H,1-6,8-9H2,(H,24,27)(H,25,28,29). The van der Waals surface area contributed by atoms with E-state index < -0.39 is 0 Å². The van der Waals surface area contributed by atoms with Crippen LogP contribution in [0.2, 0.25) is 10.2 Å². The van der Waals surface area contributed by atoms with Gasteiger partial charge in [-0.2, -0.15) is 0 Å². The number of rotatable bonds is 6. The monoisotopic (exact) mass is 450 g/mol. The number of hydrogen-bond donors (Lipinski definition) is 3. The molecule has 0 saturated carbocycles. The van der Waals surface area contributed by atoms with Crippen LogP contribution in [0, 0.1) is 11.8 Å². The van der Waals surface area contributed by atoms with Crippen LogP contribution in [0.1, 0.15) is 19.3 Å². The van der Waals surface area contributed by atoms with Crippen molar-refractivity contribution in [2.75, 3.05) is 43.5 Å². The number of amides is 1. The summed E-state index contributed by atoms with van der Waals surface area (Å²) in [5.74, 6) is 1.44. The van der Waals surface area contributed by atoms with E-state index in [1.54, 1.807) is 12.3 Å². The number of nitrogens with one attached hydrogen (secondary N) is 3. The highest BCUT2D eigenvalue weighted by Crippen LogP contribution is 2.33. The first kappa shape index (κ1) is 21.2. The summed E-state index contributed by atoms with van der Waals surface area (Å²) in [6, 6.07) is 1.68.